The molecule has 0 spiro atoms. The van der Waals surface area contributed by atoms with E-state index in [0.29, 0.717) is 29.0 Å². The summed E-state index contributed by atoms with van der Waals surface area (Å²) < 4.78 is 15.8. The van der Waals surface area contributed by atoms with Crippen LogP contribution in [0.4, 0.5) is 4.39 Å². The van der Waals surface area contributed by atoms with E-state index < -0.39 is 5.82 Å². The number of aldehydes is 1. The minimum atomic E-state index is -0.482. The Hall–Kier alpha value is -3.06. The van der Waals surface area contributed by atoms with Gasteiger partial charge in [0.05, 0.1) is 23.0 Å². The molecule has 1 saturated heterocycles. The van der Waals surface area contributed by atoms with Crippen molar-refractivity contribution in [2.75, 3.05) is 13.1 Å². The number of nitrogens with one attached hydrogen (secondary N) is 1. The molecule has 1 N–H and O–H groups in total. The van der Waals surface area contributed by atoms with Gasteiger partial charge in [0, 0.05) is 41.5 Å². The summed E-state index contributed by atoms with van der Waals surface area (Å²) in [7, 11) is 0. The zero-order valence-electron chi connectivity index (χ0n) is 20.8. The molecule has 0 aliphatic carbocycles. The molecule has 7 heteroatoms. The van der Waals surface area contributed by atoms with E-state index in [9.17, 15) is 14.0 Å². The number of piperidine rings is 1. The van der Waals surface area contributed by atoms with E-state index >= 15 is 0 Å². The number of aromatic nitrogens is 2. The summed E-state index contributed by atoms with van der Waals surface area (Å²) >= 11 is 0. The molecule has 1 atom stereocenters. The Morgan fingerprint density at radius 2 is 2.09 bits per heavy atom. The van der Waals surface area contributed by atoms with E-state index in [2.05, 4.69) is 17.2 Å². The fraction of sp³-hybridized carbons (Fsp3) is 0.444. The molecular weight excluding hydrogens is 431 g/mol. The van der Waals surface area contributed by atoms with Crippen LogP contribution in [0.15, 0.2) is 36.7 Å². The molecule has 1 fully saturated rings. The molecule has 4 rings (SSSR count). The number of pyridine rings is 1. The quantitative estimate of drug-likeness (QED) is 0.518. The summed E-state index contributed by atoms with van der Waals surface area (Å²) in [6, 6.07) is 6.68. The van der Waals surface area contributed by atoms with E-state index in [4.69, 9.17) is 0 Å². The van der Waals surface area contributed by atoms with Crippen molar-refractivity contribution in [1.29, 1.82) is 0 Å². The number of carbonyl (C=O) groups is 2. The molecule has 34 heavy (non-hydrogen) atoms. The second kappa shape index (κ2) is 11.4. The highest BCUT2D eigenvalue weighted by Gasteiger charge is 2.24. The number of hydrogen-bond acceptors (Lipinski definition) is 4. The van der Waals surface area contributed by atoms with Crippen LogP contribution < -0.4 is 5.32 Å². The number of nitrogens with zero attached hydrogens (tertiary/aromatic N) is 3. The topological polar surface area (TPSA) is 67.2 Å². The van der Waals surface area contributed by atoms with Crippen molar-refractivity contribution in [3.63, 3.8) is 0 Å². The SMILES string of the molecule is CC1CCCCN1.CCN(C(=O)c1cc(F)ccc1-n1c(C)c(C=O)c2ccncc21)C(C)C. The first-order valence-electron chi connectivity index (χ1n) is 12.0. The van der Waals surface area contributed by atoms with Crippen LogP contribution in [0, 0.1) is 12.7 Å². The van der Waals surface area contributed by atoms with Gasteiger partial charge < -0.3 is 14.8 Å². The average molecular weight is 467 g/mol. The van der Waals surface area contributed by atoms with Gasteiger partial charge in [0.2, 0.25) is 0 Å². The number of rotatable bonds is 5. The van der Waals surface area contributed by atoms with Gasteiger partial charge in [-0.1, -0.05) is 6.42 Å². The Balaban J connectivity index is 0.000000396. The normalized spacial score (nSPS) is 15.7. The second-order valence-corrected chi connectivity index (χ2v) is 9.04. The molecule has 3 aromatic rings. The van der Waals surface area contributed by atoms with Gasteiger partial charge >= 0.3 is 0 Å². The zero-order valence-corrected chi connectivity index (χ0v) is 20.8. The predicted molar refractivity (Wildman–Crippen MR) is 134 cm³/mol. The maximum Gasteiger partial charge on any atom is 0.256 e. The van der Waals surface area contributed by atoms with E-state index in [0.717, 1.165) is 17.7 Å². The summed E-state index contributed by atoms with van der Waals surface area (Å²) in [6.45, 7) is 11.5. The van der Waals surface area contributed by atoms with Gasteiger partial charge in [0.1, 0.15) is 5.82 Å². The number of carbonyl (C=O) groups excluding carboxylic acids is 2. The first-order chi connectivity index (χ1) is 16.3. The minimum Gasteiger partial charge on any atom is -0.336 e. The second-order valence-electron chi connectivity index (χ2n) is 9.04. The first-order valence-corrected chi connectivity index (χ1v) is 12.0. The summed E-state index contributed by atoms with van der Waals surface area (Å²) in [5.74, 6) is -0.732. The Labute approximate surface area is 201 Å². The van der Waals surface area contributed by atoms with Crippen molar-refractivity contribution in [3.8, 4) is 5.69 Å². The number of amides is 1. The lowest BCUT2D eigenvalue weighted by atomic mass is 10.1. The van der Waals surface area contributed by atoms with E-state index in [1.807, 2.05) is 20.8 Å². The zero-order chi connectivity index (χ0) is 24.8. The molecule has 0 saturated carbocycles. The van der Waals surface area contributed by atoms with Crippen molar-refractivity contribution < 1.29 is 14.0 Å². The molecule has 6 nitrogen and oxygen atoms in total. The molecule has 2 aromatic heterocycles. The maximum atomic E-state index is 14.0. The molecule has 1 aromatic carbocycles. The number of hydrogen-bond donors (Lipinski definition) is 1. The van der Waals surface area contributed by atoms with Crippen LogP contribution in [0.25, 0.3) is 16.6 Å². The van der Waals surface area contributed by atoms with Gasteiger partial charge in [-0.25, -0.2) is 4.39 Å². The average Bonchev–Trinajstić information content (AvgIpc) is 3.11. The van der Waals surface area contributed by atoms with Gasteiger partial charge in [-0.3, -0.25) is 14.6 Å². The maximum absolute atomic E-state index is 14.0. The smallest absolute Gasteiger partial charge is 0.256 e. The Morgan fingerprint density at radius 3 is 2.65 bits per heavy atom. The van der Waals surface area contributed by atoms with E-state index in [-0.39, 0.29) is 17.5 Å². The third kappa shape index (κ3) is 5.36. The van der Waals surface area contributed by atoms with Crippen molar-refractivity contribution in [2.45, 2.75) is 66.0 Å². The van der Waals surface area contributed by atoms with E-state index in [1.54, 1.807) is 40.9 Å². The molecule has 182 valence electrons. The monoisotopic (exact) mass is 466 g/mol. The number of fused-ring (bicyclic) bond motifs is 1. The molecule has 1 unspecified atom stereocenters. The first kappa shape index (κ1) is 25.6. The van der Waals surface area contributed by atoms with Crippen molar-refractivity contribution in [1.82, 2.24) is 19.8 Å². The van der Waals surface area contributed by atoms with Crippen molar-refractivity contribution in [2.24, 2.45) is 0 Å². The fourth-order valence-corrected chi connectivity index (χ4v) is 4.55. The summed E-state index contributed by atoms with van der Waals surface area (Å²) in [4.78, 5) is 30.6. The molecule has 0 bridgehead atoms. The highest BCUT2D eigenvalue weighted by atomic mass is 19.1. The lowest BCUT2D eigenvalue weighted by Gasteiger charge is -2.26. The molecular formula is C27H35FN4O2. The largest absolute Gasteiger partial charge is 0.336 e. The number of benzene rings is 1. The highest BCUT2D eigenvalue weighted by molar-refractivity contribution is 6.02. The highest BCUT2D eigenvalue weighted by Crippen LogP contribution is 2.30. The van der Waals surface area contributed by atoms with Crippen LogP contribution in [0.1, 0.15) is 73.4 Å². The van der Waals surface area contributed by atoms with Crippen LogP contribution in [-0.2, 0) is 0 Å². The van der Waals surface area contributed by atoms with Gasteiger partial charge in [-0.15, -0.1) is 0 Å². The van der Waals surface area contributed by atoms with Crippen LogP contribution >= 0.6 is 0 Å². The summed E-state index contributed by atoms with van der Waals surface area (Å²) in [5.41, 5.74) is 2.70. The third-order valence-corrected chi connectivity index (χ3v) is 6.39. The molecule has 0 radical (unpaired) electrons. The Morgan fingerprint density at radius 1 is 1.32 bits per heavy atom. The number of halogens is 1. The van der Waals surface area contributed by atoms with Crippen LogP contribution in [-0.4, -0.2) is 51.8 Å². The lowest BCUT2D eigenvalue weighted by Crippen LogP contribution is -2.37. The minimum absolute atomic E-state index is 0.0201. The van der Waals surface area contributed by atoms with Crippen LogP contribution in [0.2, 0.25) is 0 Å². The van der Waals surface area contributed by atoms with Gasteiger partial charge in [-0.2, -0.15) is 0 Å². The van der Waals surface area contributed by atoms with Crippen molar-refractivity contribution in [3.05, 3.63) is 59.3 Å². The lowest BCUT2D eigenvalue weighted by molar-refractivity contribution is 0.0716. The van der Waals surface area contributed by atoms with Crippen molar-refractivity contribution >= 4 is 23.1 Å². The molecule has 1 aliphatic rings. The predicted octanol–water partition coefficient (Wildman–Crippen LogP) is 5.30. The van der Waals surface area contributed by atoms with Gasteiger partial charge in [-0.05, 0) is 78.3 Å². The van der Waals surface area contributed by atoms with E-state index in [1.165, 1.54) is 37.9 Å². The molecule has 1 aliphatic heterocycles. The third-order valence-electron chi connectivity index (χ3n) is 6.39. The molecule has 3 heterocycles. The van der Waals surface area contributed by atoms with Crippen LogP contribution in [0.3, 0.4) is 0 Å². The Bertz CT molecular complexity index is 1150. The van der Waals surface area contributed by atoms with Crippen LogP contribution in [0.5, 0.6) is 0 Å². The van der Waals surface area contributed by atoms with Gasteiger partial charge in [0.25, 0.3) is 5.91 Å². The standard InChI is InChI=1S/C21H22FN3O2.C6H13N/c1-5-24(13(2)3)21(27)17-10-15(22)6-7-19(17)25-14(4)18(12-26)16-8-9-23-11-20(16)25;1-6-4-2-3-5-7-6/h6-13H,5H2,1-4H3;6-7H,2-5H2,1H3. The fourth-order valence-electron chi connectivity index (χ4n) is 4.55. The van der Waals surface area contributed by atoms with Gasteiger partial charge in [0.15, 0.2) is 6.29 Å². The summed E-state index contributed by atoms with van der Waals surface area (Å²) in [5, 5.41) is 4.13. The summed E-state index contributed by atoms with van der Waals surface area (Å²) in [6.07, 6.45) is 8.24. The molecule has 1 amide bonds. The Kier molecular flexibility index (Phi) is 8.56.